The fourth-order valence-corrected chi connectivity index (χ4v) is 3.06. The molecule has 0 aliphatic carbocycles. The zero-order valence-corrected chi connectivity index (χ0v) is 9.43. The van der Waals surface area contributed by atoms with Crippen molar-refractivity contribution in [2.45, 2.75) is 17.9 Å². The Kier molecular flexibility index (Phi) is 23.2. The summed E-state index contributed by atoms with van der Waals surface area (Å²) >= 11 is 0. The van der Waals surface area contributed by atoms with Crippen molar-refractivity contribution < 1.29 is 39.3 Å². The normalized spacial score (nSPS) is 11.2. The minimum atomic E-state index is -5.30. The molecule has 0 fully saturated rings. The van der Waals surface area contributed by atoms with Gasteiger partial charge in [-0.3, -0.25) is 9.13 Å². The van der Waals surface area contributed by atoms with E-state index in [2.05, 4.69) is 0 Å². The molecule has 0 heterocycles. The van der Waals surface area contributed by atoms with E-state index in [1.807, 2.05) is 0 Å². The standard InChI is InChI=1S/C4H13NO7P2.3Na.H2O.3H/c5-3-1-2-4(6,13(7,8)9)14(10,11)12;;;;;;;/h6H,1-3,5H2,(H2,7,8,9)(H2,10,11,12);;;;1H2;;;. The van der Waals surface area contributed by atoms with Crippen LogP contribution in [-0.2, 0) is 9.13 Å². The molecule has 0 aromatic rings. The third-order valence-corrected chi connectivity index (χ3v) is 5.53. The Balaban J connectivity index is -0.000000141. The van der Waals surface area contributed by atoms with Crippen molar-refractivity contribution in [2.24, 2.45) is 5.73 Å². The van der Waals surface area contributed by atoms with Gasteiger partial charge in [0, 0.05) is 6.42 Å². The second kappa shape index (κ2) is 12.7. The molecular weight excluding hydrogens is 321 g/mol. The van der Waals surface area contributed by atoms with Crippen molar-refractivity contribution in [2.75, 3.05) is 6.54 Å². The Morgan fingerprint density at radius 3 is 1.39 bits per heavy atom. The molecule has 0 aliphatic heterocycles. The maximum absolute atomic E-state index is 10.7. The van der Waals surface area contributed by atoms with Crippen molar-refractivity contribution >= 4 is 104 Å². The van der Waals surface area contributed by atoms with E-state index in [1.54, 1.807) is 0 Å². The van der Waals surface area contributed by atoms with Crippen LogP contribution in [0.1, 0.15) is 12.8 Å². The summed E-state index contributed by atoms with van der Waals surface area (Å²) in [6.07, 6.45) is -0.856. The van der Waals surface area contributed by atoms with Crippen LogP contribution >= 0.6 is 15.2 Å². The average Bonchev–Trinajstić information content (AvgIpc) is 1.95. The first kappa shape index (κ1) is 32.9. The zero-order chi connectivity index (χ0) is 11.6. The Bertz CT molecular complexity index is 270. The molecule has 9 nitrogen and oxygen atoms in total. The van der Waals surface area contributed by atoms with Crippen LogP contribution in [0, 0.1) is 0 Å². The predicted octanol–water partition coefficient (Wildman–Crippen LogP) is -4.04. The summed E-state index contributed by atoms with van der Waals surface area (Å²) in [6.45, 7) is -0.0394. The van der Waals surface area contributed by atoms with Crippen LogP contribution in [0.3, 0.4) is 0 Å². The molecule has 0 unspecified atom stereocenters. The molecule has 0 aliphatic rings. The fourth-order valence-electron chi connectivity index (χ4n) is 0.800. The molecule has 9 N–H and O–H groups in total. The third-order valence-electron chi connectivity index (χ3n) is 1.65. The second-order valence-electron chi connectivity index (χ2n) is 2.75. The van der Waals surface area contributed by atoms with Gasteiger partial charge in [-0.2, -0.15) is 0 Å². The quantitative estimate of drug-likeness (QED) is 0.215. The van der Waals surface area contributed by atoms with Gasteiger partial charge >= 0.3 is 104 Å². The topological polar surface area (TPSA) is 193 Å². The van der Waals surface area contributed by atoms with Gasteiger partial charge in [0.05, 0.1) is 0 Å². The molecular formula is C4H18NNa3O8P2. The van der Waals surface area contributed by atoms with E-state index in [0.29, 0.717) is 0 Å². The number of nitrogens with two attached hydrogens (primary N) is 1. The molecule has 0 aromatic heterocycles. The third kappa shape index (κ3) is 9.25. The van der Waals surface area contributed by atoms with E-state index in [0.717, 1.165) is 0 Å². The summed E-state index contributed by atoms with van der Waals surface area (Å²) in [5.41, 5.74) is 5.01. The van der Waals surface area contributed by atoms with Gasteiger partial charge < -0.3 is 35.9 Å². The van der Waals surface area contributed by atoms with Crippen LogP contribution in [0.2, 0.25) is 0 Å². The molecule has 0 spiro atoms. The van der Waals surface area contributed by atoms with Gasteiger partial charge in [0.2, 0.25) is 0 Å². The molecule has 0 rings (SSSR count). The Labute approximate surface area is 171 Å². The van der Waals surface area contributed by atoms with Crippen molar-refractivity contribution in [1.82, 2.24) is 0 Å². The summed E-state index contributed by atoms with van der Waals surface area (Å²) in [4.78, 5) is 34.5. The van der Waals surface area contributed by atoms with Crippen LogP contribution in [0.15, 0.2) is 0 Å². The molecule has 0 atom stereocenters. The summed E-state index contributed by atoms with van der Waals surface area (Å²) in [5.74, 6) is 0. The van der Waals surface area contributed by atoms with Crippen molar-refractivity contribution in [3.63, 3.8) is 0 Å². The summed E-state index contributed by atoms with van der Waals surface area (Å²) in [5, 5.41) is 5.91. The monoisotopic (exact) mass is 339 g/mol. The van der Waals surface area contributed by atoms with Crippen LogP contribution in [-0.4, -0.2) is 130 Å². The van der Waals surface area contributed by atoms with Crippen LogP contribution in [0.4, 0.5) is 0 Å². The van der Waals surface area contributed by atoms with E-state index in [4.69, 9.17) is 25.3 Å². The zero-order valence-electron chi connectivity index (χ0n) is 7.65. The van der Waals surface area contributed by atoms with Crippen LogP contribution in [0.25, 0.3) is 0 Å². The maximum atomic E-state index is 10.7. The molecule has 0 radical (unpaired) electrons. The van der Waals surface area contributed by atoms with E-state index >= 15 is 0 Å². The summed E-state index contributed by atoms with van der Waals surface area (Å²) in [7, 11) is -10.6. The first-order valence-corrected chi connectivity index (χ1v) is 6.82. The summed E-state index contributed by atoms with van der Waals surface area (Å²) < 4.78 is 21.4. The molecule has 100 valence electrons. The number of aliphatic hydroxyl groups is 1. The fraction of sp³-hybridized carbons (Fsp3) is 1.00. The van der Waals surface area contributed by atoms with Crippen molar-refractivity contribution in [3.8, 4) is 0 Å². The van der Waals surface area contributed by atoms with Crippen LogP contribution in [0.5, 0.6) is 0 Å². The molecule has 18 heavy (non-hydrogen) atoms. The number of hydrogen-bond acceptors (Lipinski definition) is 4. The molecule has 0 aromatic carbocycles. The second-order valence-corrected chi connectivity index (χ2v) is 6.76. The van der Waals surface area contributed by atoms with Gasteiger partial charge in [-0.05, 0) is 13.0 Å². The van der Waals surface area contributed by atoms with Crippen LogP contribution < -0.4 is 5.73 Å². The Morgan fingerprint density at radius 2 is 1.22 bits per heavy atom. The predicted molar refractivity (Wildman–Crippen MR) is 72.4 cm³/mol. The number of rotatable bonds is 5. The van der Waals surface area contributed by atoms with Gasteiger partial charge in [0.1, 0.15) is 0 Å². The Morgan fingerprint density at radius 1 is 0.944 bits per heavy atom. The van der Waals surface area contributed by atoms with Gasteiger partial charge in [-0.25, -0.2) is 0 Å². The molecule has 0 amide bonds. The van der Waals surface area contributed by atoms with E-state index < -0.39 is 26.7 Å². The molecule has 14 heteroatoms. The minimum absolute atomic E-state index is 0. The number of hydrogen-bond donors (Lipinski definition) is 6. The van der Waals surface area contributed by atoms with Gasteiger partial charge in [-0.1, -0.05) is 0 Å². The van der Waals surface area contributed by atoms with E-state index in [1.165, 1.54) is 0 Å². The molecule has 0 saturated carbocycles. The first-order valence-electron chi connectivity index (χ1n) is 3.60. The SMILES string of the molecule is NCCCC(O)(P(=O)(O)O)P(=O)(O)O.O.[NaH].[NaH].[NaH]. The Hall–Kier alpha value is 3.18. The summed E-state index contributed by atoms with van der Waals surface area (Å²) in [6, 6.07) is 0. The van der Waals surface area contributed by atoms with Crippen molar-refractivity contribution in [3.05, 3.63) is 0 Å². The first-order chi connectivity index (χ1) is 6.06. The van der Waals surface area contributed by atoms with E-state index in [9.17, 15) is 14.2 Å². The van der Waals surface area contributed by atoms with Gasteiger partial charge in [-0.15, -0.1) is 0 Å². The van der Waals surface area contributed by atoms with E-state index in [-0.39, 0.29) is 107 Å². The average molecular weight is 339 g/mol. The van der Waals surface area contributed by atoms with Crippen molar-refractivity contribution in [1.29, 1.82) is 0 Å². The van der Waals surface area contributed by atoms with Gasteiger partial charge in [0.25, 0.3) is 5.08 Å². The molecule has 0 bridgehead atoms. The molecule has 0 saturated heterocycles. The van der Waals surface area contributed by atoms with Gasteiger partial charge in [0.15, 0.2) is 0 Å².